The number of nitro groups is 1. The molecule has 0 radical (unpaired) electrons. The van der Waals surface area contributed by atoms with Crippen LogP contribution < -0.4 is 0 Å². The first-order valence-corrected chi connectivity index (χ1v) is 8.03. The Bertz CT molecular complexity index is 612. The lowest BCUT2D eigenvalue weighted by atomic mass is 10.1. The summed E-state index contributed by atoms with van der Waals surface area (Å²) in [6.07, 6.45) is 1.85. The minimum atomic E-state index is -0.539. The molecule has 0 unspecified atom stereocenters. The lowest BCUT2D eigenvalue weighted by Crippen LogP contribution is -2.50. The van der Waals surface area contributed by atoms with Gasteiger partial charge in [0.15, 0.2) is 0 Å². The number of nitro benzene ring substituents is 1. The predicted octanol–water partition coefficient (Wildman–Crippen LogP) is 1.62. The Morgan fingerprint density at radius 2 is 1.77 bits per heavy atom. The summed E-state index contributed by atoms with van der Waals surface area (Å²) in [5.74, 6) is -0.381. The van der Waals surface area contributed by atoms with E-state index < -0.39 is 4.92 Å². The lowest BCUT2D eigenvalue weighted by Gasteiger charge is -2.34. The van der Waals surface area contributed by atoms with Crippen molar-refractivity contribution in [1.29, 1.82) is 0 Å². The van der Waals surface area contributed by atoms with Crippen molar-refractivity contribution in [2.45, 2.75) is 11.8 Å². The molecule has 1 saturated heterocycles. The normalized spacial score (nSPS) is 14.8. The molecule has 1 fully saturated rings. The van der Waals surface area contributed by atoms with Gasteiger partial charge in [0.2, 0.25) is 5.91 Å². The second kappa shape index (κ2) is 6.78. The van der Waals surface area contributed by atoms with Crippen molar-refractivity contribution >= 4 is 29.3 Å². The number of rotatable bonds is 3. The summed E-state index contributed by atoms with van der Waals surface area (Å²) in [6, 6.07) is 4.56. The number of piperazine rings is 1. The van der Waals surface area contributed by atoms with Gasteiger partial charge in [0, 0.05) is 44.1 Å². The molecule has 0 bridgehead atoms. The Labute approximate surface area is 132 Å². The molecule has 0 spiro atoms. The lowest BCUT2D eigenvalue weighted by molar-refractivity contribution is -0.385. The molecule has 118 valence electrons. The van der Waals surface area contributed by atoms with Crippen LogP contribution in [0.15, 0.2) is 23.1 Å². The van der Waals surface area contributed by atoms with E-state index in [0.29, 0.717) is 26.2 Å². The molecule has 1 aromatic rings. The van der Waals surface area contributed by atoms with Crippen LogP contribution in [0.1, 0.15) is 17.3 Å². The van der Waals surface area contributed by atoms with Gasteiger partial charge >= 0.3 is 0 Å². The zero-order valence-electron chi connectivity index (χ0n) is 12.4. The summed E-state index contributed by atoms with van der Waals surface area (Å²) >= 11 is 1.43. The van der Waals surface area contributed by atoms with Crippen LogP contribution in [0, 0.1) is 10.1 Å². The van der Waals surface area contributed by atoms with Gasteiger partial charge in [-0.2, -0.15) is 0 Å². The molecule has 1 aliphatic heterocycles. The van der Waals surface area contributed by atoms with Gasteiger partial charge in [-0.3, -0.25) is 19.7 Å². The monoisotopic (exact) mass is 323 g/mol. The summed E-state index contributed by atoms with van der Waals surface area (Å²) in [7, 11) is 0. The van der Waals surface area contributed by atoms with Crippen molar-refractivity contribution < 1.29 is 14.5 Å². The van der Waals surface area contributed by atoms with Gasteiger partial charge in [-0.25, -0.2) is 0 Å². The highest BCUT2D eigenvalue weighted by Crippen LogP contribution is 2.26. The third-order valence-electron chi connectivity index (χ3n) is 3.64. The Kier molecular flexibility index (Phi) is 5.02. The van der Waals surface area contributed by atoms with Crippen molar-refractivity contribution in [3.8, 4) is 0 Å². The van der Waals surface area contributed by atoms with E-state index in [9.17, 15) is 19.7 Å². The smallest absolute Gasteiger partial charge is 0.282 e. The van der Waals surface area contributed by atoms with Gasteiger partial charge in [0.05, 0.1) is 4.92 Å². The third kappa shape index (κ3) is 3.38. The maximum absolute atomic E-state index is 12.6. The van der Waals surface area contributed by atoms with E-state index in [1.807, 2.05) is 6.26 Å². The minimum Gasteiger partial charge on any atom is -0.339 e. The molecule has 2 amide bonds. The molecular formula is C14H17N3O4S. The van der Waals surface area contributed by atoms with Crippen molar-refractivity contribution in [2.24, 2.45) is 0 Å². The van der Waals surface area contributed by atoms with Gasteiger partial charge < -0.3 is 9.80 Å². The Hall–Kier alpha value is -2.09. The molecule has 1 aliphatic rings. The maximum atomic E-state index is 12.6. The number of nitrogens with zero attached hydrogens (tertiary/aromatic N) is 3. The molecule has 0 aliphatic carbocycles. The molecule has 1 heterocycles. The second-order valence-electron chi connectivity index (χ2n) is 4.94. The predicted molar refractivity (Wildman–Crippen MR) is 83.0 cm³/mol. The van der Waals surface area contributed by atoms with Gasteiger partial charge in [0.25, 0.3) is 11.6 Å². The van der Waals surface area contributed by atoms with Crippen LogP contribution in [0.4, 0.5) is 5.69 Å². The molecular weight excluding hydrogens is 306 g/mol. The van der Waals surface area contributed by atoms with Crippen LogP contribution in [0.25, 0.3) is 0 Å². The number of hydrogen-bond acceptors (Lipinski definition) is 5. The van der Waals surface area contributed by atoms with Crippen molar-refractivity contribution in [3.63, 3.8) is 0 Å². The Morgan fingerprint density at radius 1 is 1.18 bits per heavy atom. The fourth-order valence-corrected chi connectivity index (χ4v) is 2.81. The highest BCUT2D eigenvalue weighted by atomic mass is 32.2. The van der Waals surface area contributed by atoms with Crippen LogP contribution in [-0.2, 0) is 4.79 Å². The fourth-order valence-electron chi connectivity index (χ4n) is 2.37. The number of hydrogen-bond donors (Lipinski definition) is 0. The summed E-state index contributed by atoms with van der Waals surface area (Å²) < 4.78 is 0. The topological polar surface area (TPSA) is 83.8 Å². The minimum absolute atomic E-state index is 0.0255. The van der Waals surface area contributed by atoms with E-state index >= 15 is 0 Å². The molecule has 0 N–H and O–H groups in total. The summed E-state index contributed by atoms with van der Waals surface area (Å²) in [4.78, 5) is 38.5. The summed E-state index contributed by atoms with van der Waals surface area (Å²) in [6.45, 7) is 3.18. The average molecular weight is 323 g/mol. The molecule has 0 saturated carbocycles. The molecule has 0 aromatic heterocycles. The van der Waals surface area contributed by atoms with E-state index in [1.54, 1.807) is 21.9 Å². The molecule has 7 nitrogen and oxygen atoms in total. The molecule has 22 heavy (non-hydrogen) atoms. The Balaban J connectivity index is 2.22. The number of thioether (sulfide) groups is 1. The molecule has 1 aromatic carbocycles. The summed E-state index contributed by atoms with van der Waals surface area (Å²) in [5.41, 5.74) is -0.0788. The first kappa shape index (κ1) is 16.3. The SMILES string of the molecule is CSc1ccc([N+](=O)[O-])c(C(=O)N2CCN(C(C)=O)CC2)c1. The van der Waals surface area contributed by atoms with Gasteiger partial charge in [-0.1, -0.05) is 0 Å². The third-order valence-corrected chi connectivity index (χ3v) is 4.37. The molecule has 2 rings (SSSR count). The van der Waals surface area contributed by atoms with E-state index in [2.05, 4.69) is 0 Å². The summed E-state index contributed by atoms with van der Waals surface area (Å²) in [5, 5.41) is 11.1. The van der Waals surface area contributed by atoms with E-state index in [-0.39, 0.29) is 23.1 Å². The van der Waals surface area contributed by atoms with E-state index in [0.717, 1.165) is 4.90 Å². The maximum Gasteiger partial charge on any atom is 0.282 e. The van der Waals surface area contributed by atoms with Crippen LogP contribution >= 0.6 is 11.8 Å². The molecule has 0 atom stereocenters. The fraction of sp³-hybridized carbons (Fsp3) is 0.429. The van der Waals surface area contributed by atoms with Gasteiger partial charge in [0.1, 0.15) is 5.56 Å². The Morgan fingerprint density at radius 3 is 2.27 bits per heavy atom. The zero-order chi connectivity index (χ0) is 16.3. The highest BCUT2D eigenvalue weighted by Gasteiger charge is 2.28. The van der Waals surface area contributed by atoms with Crippen molar-refractivity contribution in [2.75, 3.05) is 32.4 Å². The number of carbonyl (C=O) groups is 2. The van der Waals surface area contributed by atoms with Crippen molar-refractivity contribution in [3.05, 3.63) is 33.9 Å². The zero-order valence-corrected chi connectivity index (χ0v) is 13.3. The standard InChI is InChI=1S/C14H17N3O4S/c1-10(18)15-5-7-16(8-6-15)14(19)12-9-11(22-2)3-4-13(12)17(20)21/h3-4,9H,5-8H2,1-2H3. The average Bonchev–Trinajstić information content (AvgIpc) is 2.53. The van der Waals surface area contributed by atoms with Crippen LogP contribution in [0.5, 0.6) is 0 Å². The van der Waals surface area contributed by atoms with E-state index in [4.69, 9.17) is 0 Å². The van der Waals surface area contributed by atoms with Crippen LogP contribution in [0.2, 0.25) is 0 Å². The quantitative estimate of drug-likeness (QED) is 0.479. The highest BCUT2D eigenvalue weighted by molar-refractivity contribution is 7.98. The van der Waals surface area contributed by atoms with Crippen molar-refractivity contribution in [1.82, 2.24) is 9.80 Å². The first-order chi connectivity index (χ1) is 10.4. The number of benzene rings is 1. The van der Waals surface area contributed by atoms with E-state index in [1.165, 1.54) is 24.8 Å². The van der Waals surface area contributed by atoms with Gasteiger partial charge in [-0.15, -0.1) is 11.8 Å². The number of amides is 2. The molecule has 8 heteroatoms. The largest absolute Gasteiger partial charge is 0.339 e. The number of carbonyl (C=O) groups excluding carboxylic acids is 2. The first-order valence-electron chi connectivity index (χ1n) is 6.81. The van der Waals surface area contributed by atoms with Crippen LogP contribution in [-0.4, -0.2) is 59.0 Å². The van der Waals surface area contributed by atoms with Crippen LogP contribution in [0.3, 0.4) is 0 Å². The van der Waals surface area contributed by atoms with Gasteiger partial charge in [-0.05, 0) is 18.4 Å². The second-order valence-corrected chi connectivity index (χ2v) is 5.82.